The van der Waals surface area contributed by atoms with E-state index < -0.39 is 54.0 Å². The van der Waals surface area contributed by atoms with Crippen molar-refractivity contribution < 1.29 is 56.9 Å². The number of thioether (sulfide) groups is 1. The summed E-state index contributed by atoms with van der Waals surface area (Å²) in [6, 6.07) is -1.51. The van der Waals surface area contributed by atoms with Crippen LogP contribution in [0.25, 0.3) is 0 Å². The lowest BCUT2D eigenvalue weighted by Gasteiger charge is -2.48. The molecule has 0 bridgehead atoms. The number of hydrogen-bond acceptors (Lipinski definition) is 7. The number of nitrogens with two attached hydrogens (primary N) is 1. The number of carboxylic acid groups (broad SMARTS) is 2. The number of likely N-dealkylation sites (N-methyl/N-ethyl adjacent to an activating group) is 1. The van der Waals surface area contributed by atoms with E-state index in [1.807, 2.05) is 0 Å². The monoisotopic (exact) mass is 513 g/mol. The molecule has 0 saturated carbocycles. The van der Waals surface area contributed by atoms with Crippen LogP contribution in [0.4, 0.5) is 13.2 Å². The molecule has 0 unspecified atom stereocenters. The van der Waals surface area contributed by atoms with Crippen molar-refractivity contribution in [3.05, 3.63) is 23.4 Å². The van der Waals surface area contributed by atoms with Crippen molar-refractivity contribution >= 4 is 41.9 Å². The van der Waals surface area contributed by atoms with Gasteiger partial charge in [-0.2, -0.15) is 13.2 Å². The second-order valence-electron chi connectivity index (χ2n) is 7.62. The highest BCUT2D eigenvalue weighted by Gasteiger charge is 2.53. The first-order valence-electron chi connectivity index (χ1n) is 9.40. The number of nitrogens with one attached hydrogen (secondary N) is 1. The van der Waals surface area contributed by atoms with Crippen LogP contribution in [0.1, 0.15) is 0 Å². The first-order chi connectivity index (χ1) is 15.6. The Morgan fingerprint density at radius 1 is 1.32 bits per heavy atom. The molecular formula is C18H24F3N4O8S+. The number of halogens is 3. The molecule has 0 spiro atoms. The standard InChI is InChI=1S/C16H22N4O6S.C2HF3O2/c1-20(2,10(6-21)13(17)23)5-3-4-9-7-27-15-11(18-8-22)14(24)19(15)12(9)16(25)26;3-2(4,5)1(6)7/h3-4,8,10-11,15,21H,5-7H2,1-2H3,(H3-,17,18,22,23,25,26);(H,6,7)/p+1/b4-3+;/t10-,11-,15-;/m1./s1. The second kappa shape index (κ2) is 11.3. The summed E-state index contributed by atoms with van der Waals surface area (Å²) < 4.78 is 31.8. The van der Waals surface area contributed by atoms with Crippen LogP contribution in [0.5, 0.6) is 0 Å². The van der Waals surface area contributed by atoms with Crippen molar-refractivity contribution in [2.75, 3.05) is 33.0 Å². The third-order valence-corrected chi connectivity index (χ3v) is 6.23. The van der Waals surface area contributed by atoms with Gasteiger partial charge in [0, 0.05) is 5.75 Å². The maximum absolute atomic E-state index is 12.2. The van der Waals surface area contributed by atoms with Crippen molar-refractivity contribution in [2.24, 2.45) is 5.73 Å². The summed E-state index contributed by atoms with van der Waals surface area (Å²) in [6.45, 7) is -0.0773. The quantitative estimate of drug-likeness (QED) is 0.138. The average molecular weight is 513 g/mol. The first-order valence-corrected chi connectivity index (χ1v) is 10.4. The third kappa shape index (κ3) is 6.71. The number of alkyl halides is 3. The number of quaternary nitrogens is 1. The van der Waals surface area contributed by atoms with Gasteiger partial charge in [0.05, 0.1) is 20.6 Å². The lowest BCUT2D eigenvalue weighted by molar-refractivity contribution is -0.900. The Morgan fingerprint density at radius 3 is 2.29 bits per heavy atom. The molecule has 2 rings (SSSR count). The van der Waals surface area contributed by atoms with Crippen LogP contribution in [-0.4, -0.2) is 111 Å². The predicted octanol–water partition coefficient (Wildman–Crippen LogP) is -1.53. The number of carbonyl (C=O) groups excluding carboxylic acids is 3. The molecule has 0 aromatic rings. The number of carbonyl (C=O) groups is 5. The van der Waals surface area contributed by atoms with Crippen LogP contribution in [0.3, 0.4) is 0 Å². The maximum atomic E-state index is 12.2. The zero-order valence-electron chi connectivity index (χ0n) is 18.0. The first kappa shape index (κ1) is 28.9. The van der Waals surface area contributed by atoms with Gasteiger partial charge >= 0.3 is 18.1 Å². The van der Waals surface area contributed by atoms with Gasteiger partial charge in [-0.1, -0.05) is 6.08 Å². The largest absolute Gasteiger partial charge is 0.490 e. The number of rotatable bonds is 9. The third-order valence-electron chi connectivity index (χ3n) is 4.93. The van der Waals surface area contributed by atoms with Crippen LogP contribution in [0.15, 0.2) is 23.4 Å². The smallest absolute Gasteiger partial charge is 0.477 e. The Kier molecular flexibility index (Phi) is 9.65. The summed E-state index contributed by atoms with van der Waals surface area (Å²) in [4.78, 5) is 56.0. The second-order valence-corrected chi connectivity index (χ2v) is 8.72. The highest BCUT2D eigenvalue weighted by molar-refractivity contribution is 8.00. The number of carboxylic acids is 2. The molecular weight excluding hydrogens is 489 g/mol. The number of fused-ring (bicyclic) bond motifs is 1. The van der Waals surface area contributed by atoms with E-state index >= 15 is 0 Å². The van der Waals surface area contributed by atoms with Crippen molar-refractivity contribution in [3.63, 3.8) is 0 Å². The van der Waals surface area contributed by atoms with E-state index in [2.05, 4.69) is 5.32 Å². The molecule has 1 fully saturated rings. The molecule has 16 heteroatoms. The minimum Gasteiger partial charge on any atom is -0.477 e. The Bertz CT molecular complexity index is 906. The number of β-lactam (4-membered cyclic amide) rings is 1. The van der Waals surface area contributed by atoms with E-state index in [9.17, 15) is 42.6 Å². The highest BCUT2D eigenvalue weighted by Crippen LogP contribution is 2.40. The highest BCUT2D eigenvalue weighted by atomic mass is 32.2. The molecule has 3 atom stereocenters. The molecule has 0 radical (unpaired) electrons. The Morgan fingerprint density at radius 2 is 1.88 bits per heavy atom. The molecule has 1 saturated heterocycles. The molecule has 2 aliphatic heterocycles. The van der Waals surface area contributed by atoms with Gasteiger partial charge in [-0.3, -0.25) is 19.3 Å². The van der Waals surface area contributed by atoms with Gasteiger partial charge in [0.1, 0.15) is 23.7 Å². The SMILES string of the molecule is C[N+](C)(C/C=C/C1=C(C(=O)O)N2C(=O)[C@@H](NC=O)[C@H]2SC1)[C@H](CO)C(N)=O.O=C(O)C(F)(F)F. The van der Waals surface area contributed by atoms with Crippen LogP contribution >= 0.6 is 11.8 Å². The number of aliphatic hydroxyl groups excluding tert-OH is 1. The minimum absolute atomic E-state index is 0.0990. The van der Waals surface area contributed by atoms with Crippen molar-refractivity contribution in [1.82, 2.24) is 10.2 Å². The molecule has 2 heterocycles. The molecule has 6 N–H and O–H groups in total. The van der Waals surface area contributed by atoms with Crippen molar-refractivity contribution in [2.45, 2.75) is 23.6 Å². The summed E-state index contributed by atoms with van der Waals surface area (Å²) in [5.74, 6) is -4.72. The Balaban J connectivity index is 0.000000718. The lowest BCUT2D eigenvalue weighted by atomic mass is 10.0. The number of nitrogens with zero attached hydrogens (tertiary/aromatic N) is 2. The summed E-state index contributed by atoms with van der Waals surface area (Å²) in [5, 5.41) is 28.0. The molecule has 0 aromatic heterocycles. The molecule has 0 aliphatic carbocycles. The minimum atomic E-state index is -5.08. The molecule has 12 nitrogen and oxygen atoms in total. The number of allylic oxidation sites excluding steroid dienone is 1. The number of aliphatic carboxylic acids is 2. The zero-order chi connectivity index (χ0) is 26.4. The molecule has 3 amide bonds. The average Bonchev–Trinajstić information content (AvgIpc) is 2.70. The molecule has 2 aliphatic rings. The Labute approximate surface area is 195 Å². The van der Waals surface area contributed by atoms with Crippen LogP contribution in [0.2, 0.25) is 0 Å². The van der Waals surface area contributed by atoms with Crippen LogP contribution in [0, 0.1) is 0 Å². The van der Waals surface area contributed by atoms with E-state index in [1.54, 1.807) is 26.2 Å². The van der Waals surface area contributed by atoms with E-state index in [0.29, 0.717) is 24.3 Å². The van der Waals surface area contributed by atoms with Gasteiger partial charge in [0.2, 0.25) is 6.41 Å². The normalized spacial score (nSPS) is 21.1. The van der Waals surface area contributed by atoms with E-state index in [4.69, 9.17) is 15.6 Å². The van der Waals surface area contributed by atoms with Crippen molar-refractivity contribution in [3.8, 4) is 0 Å². The van der Waals surface area contributed by atoms with Gasteiger partial charge in [0.25, 0.3) is 11.8 Å². The van der Waals surface area contributed by atoms with Gasteiger partial charge in [-0.25, -0.2) is 9.59 Å². The topological polar surface area (TPSA) is 187 Å². The number of hydrogen-bond donors (Lipinski definition) is 5. The molecule has 0 aromatic carbocycles. The van der Waals surface area contributed by atoms with Gasteiger partial charge in [-0.15, -0.1) is 11.8 Å². The molecule has 34 heavy (non-hydrogen) atoms. The lowest BCUT2D eigenvalue weighted by Crippen LogP contribution is -2.69. The fraction of sp³-hybridized carbons (Fsp3) is 0.500. The van der Waals surface area contributed by atoms with E-state index in [0.717, 1.165) is 0 Å². The van der Waals surface area contributed by atoms with E-state index in [1.165, 1.54) is 16.7 Å². The van der Waals surface area contributed by atoms with E-state index in [-0.39, 0.29) is 10.2 Å². The summed E-state index contributed by atoms with van der Waals surface area (Å²) in [5.41, 5.74) is 5.65. The zero-order valence-corrected chi connectivity index (χ0v) is 18.8. The number of primary amides is 1. The van der Waals surface area contributed by atoms with Gasteiger partial charge < -0.3 is 30.9 Å². The fourth-order valence-electron chi connectivity index (χ4n) is 3.11. The van der Waals surface area contributed by atoms with Crippen LogP contribution < -0.4 is 11.1 Å². The van der Waals surface area contributed by atoms with Crippen LogP contribution in [-0.2, 0) is 24.0 Å². The summed E-state index contributed by atoms with van der Waals surface area (Å²) in [6.07, 6.45) is -1.36. The molecule has 190 valence electrons. The number of amides is 3. The summed E-state index contributed by atoms with van der Waals surface area (Å²) in [7, 11) is 3.45. The van der Waals surface area contributed by atoms with Gasteiger partial charge in [0.15, 0.2) is 6.04 Å². The predicted molar refractivity (Wildman–Crippen MR) is 111 cm³/mol. The van der Waals surface area contributed by atoms with Crippen molar-refractivity contribution in [1.29, 1.82) is 0 Å². The maximum Gasteiger partial charge on any atom is 0.490 e. The number of aliphatic hydroxyl groups is 1. The Hall–Kier alpha value is -3.11. The summed E-state index contributed by atoms with van der Waals surface area (Å²) >= 11 is 1.36. The van der Waals surface area contributed by atoms with Gasteiger partial charge in [-0.05, 0) is 11.6 Å². The fourth-order valence-corrected chi connectivity index (χ4v) is 4.44.